The Hall–Kier alpha value is -1.40. The van der Waals surface area contributed by atoms with Gasteiger partial charge in [-0.1, -0.05) is 22.0 Å². The van der Waals surface area contributed by atoms with Gasteiger partial charge in [-0.15, -0.1) is 0 Å². The molecule has 0 aliphatic carbocycles. The minimum Gasteiger partial charge on any atom is -0.344 e. The highest BCUT2D eigenvalue weighted by Crippen LogP contribution is 2.60. The molecule has 0 spiro atoms. The molecule has 6 nitrogen and oxygen atoms in total. The lowest BCUT2D eigenvalue weighted by atomic mass is 10.0. The normalized spacial score (nSPS) is 11.3. The van der Waals surface area contributed by atoms with Gasteiger partial charge >= 0.3 is 13.3 Å². The number of halogens is 3. The van der Waals surface area contributed by atoms with Crippen molar-refractivity contribution in [2.75, 3.05) is 0 Å². The average molecular weight is 396 g/mol. The molecule has 0 unspecified atom stereocenters. The lowest BCUT2D eigenvalue weighted by Crippen LogP contribution is -2.14. The number of nitriles is 1. The SMILES string of the molecule is N.N.N#Cc1ccc2cc(Br)c(C(F)(F)P(=O)(O)O)cc2c1. The Morgan fingerprint density at radius 1 is 1.14 bits per heavy atom. The van der Waals surface area contributed by atoms with E-state index < -0.39 is 18.8 Å². The van der Waals surface area contributed by atoms with Crippen LogP contribution in [0.3, 0.4) is 0 Å². The van der Waals surface area contributed by atoms with Crippen LogP contribution in [0.2, 0.25) is 0 Å². The van der Waals surface area contributed by atoms with Gasteiger partial charge in [0.2, 0.25) is 0 Å². The van der Waals surface area contributed by atoms with Crippen LogP contribution in [0.4, 0.5) is 8.78 Å². The maximum absolute atomic E-state index is 13.8. The summed E-state index contributed by atoms with van der Waals surface area (Å²) in [5, 5.41) is 9.65. The van der Waals surface area contributed by atoms with E-state index in [1.165, 1.54) is 18.2 Å². The van der Waals surface area contributed by atoms with E-state index in [2.05, 4.69) is 15.9 Å². The van der Waals surface area contributed by atoms with E-state index in [0.29, 0.717) is 10.8 Å². The Bertz CT molecular complexity index is 789. The Balaban J connectivity index is 0.00000220. The first-order chi connectivity index (χ1) is 9.16. The molecule has 0 radical (unpaired) electrons. The summed E-state index contributed by atoms with van der Waals surface area (Å²) >= 11 is 2.89. The van der Waals surface area contributed by atoms with Crippen LogP contribution in [0, 0.1) is 11.3 Å². The van der Waals surface area contributed by atoms with Crippen LogP contribution in [-0.2, 0) is 10.2 Å². The number of hydrogen-bond donors (Lipinski definition) is 4. The van der Waals surface area contributed by atoms with Crippen molar-refractivity contribution in [2.45, 2.75) is 5.66 Å². The van der Waals surface area contributed by atoms with E-state index >= 15 is 0 Å². The van der Waals surface area contributed by atoms with Crippen LogP contribution in [0.15, 0.2) is 34.8 Å². The molecule has 0 aromatic heterocycles. The molecular weight excluding hydrogens is 383 g/mol. The third kappa shape index (κ3) is 3.50. The number of hydrogen-bond acceptors (Lipinski definition) is 4. The third-order valence-corrected chi connectivity index (χ3v) is 4.37. The summed E-state index contributed by atoms with van der Waals surface area (Å²) in [5.41, 5.74) is -4.85. The minimum absolute atomic E-state index is 0. The Morgan fingerprint density at radius 2 is 1.73 bits per heavy atom. The largest absolute Gasteiger partial charge is 0.399 e. The maximum atomic E-state index is 13.8. The highest BCUT2D eigenvalue weighted by molar-refractivity contribution is 9.10. The molecule has 0 saturated carbocycles. The van der Waals surface area contributed by atoms with E-state index in [4.69, 9.17) is 15.0 Å². The molecule has 0 atom stereocenters. The van der Waals surface area contributed by atoms with Gasteiger partial charge in [0, 0.05) is 10.0 Å². The number of alkyl halides is 2. The molecule has 0 fully saturated rings. The van der Waals surface area contributed by atoms with Crippen molar-refractivity contribution < 1.29 is 23.1 Å². The number of fused-ring (bicyclic) bond motifs is 1. The summed E-state index contributed by atoms with van der Waals surface area (Å²) in [5.74, 6) is 0. The minimum atomic E-state index is -5.64. The molecule has 0 amide bonds. The molecule has 120 valence electrons. The fraction of sp³-hybridized carbons (Fsp3) is 0.0833. The van der Waals surface area contributed by atoms with Crippen molar-refractivity contribution in [1.82, 2.24) is 12.3 Å². The van der Waals surface area contributed by atoms with E-state index in [1.807, 2.05) is 6.07 Å². The standard InChI is InChI=1S/C12H7BrF2NO3P.2H3N/c13-11-5-8-2-1-7(6-16)3-9(8)4-10(11)12(14,15)20(17,18)19;;/h1-5H,(H2,17,18,19);2*1H3. The molecule has 0 heterocycles. The third-order valence-electron chi connectivity index (χ3n) is 2.75. The second-order valence-corrected chi connectivity index (χ2v) is 6.60. The molecule has 8 N–H and O–H groups in total. The van der Waals surface area contributed by atoms with Gasteiger partial charge in [0.25, 0.3) is 0 Å². The Labute approximate surface area is 133 Å². The molecule has 22 heavy (non-hydrogen) atoms. The molecule has 0 bridgehead atoms. The van der Waals surface area contributed by atoms with Crippen LogP contribution < -0.4 is 12.3 Å². The zero-order chi connectivity index (χ0) is 15.1. The second-order valence-electron chi connectivity index (χ2n) is 4.09. The van der Waals surface area contributed by atoms with Crippen molar-refractivity contribution in [3.63, 3.8) is 0 Å². The van der Waals surface area contributed by atoms with Gasteiger partial charge in [0.15, 0.2) is 0 Å². The van der Waals surface area contributed by atoms with Crippen molar-refractivity contribution >= 4 is 34.3 Å². The van der Waals surface area contributed by atoms with Gasteiger partial charge in [-0.05, 0) is 35.0 Å². The molecule has 2 aromatic rings. The van der Waals surface area contributed by atoms with Gasteiger partial charge in [0.1, 0.15) is 0 Å². The Morgan fingerprint density at radius 3 is 2.23 bits per heavy atom. The number of nitrogens with zero attached hydrogens (tertiary/aromatic N) is 1. The molecule has 0 aliphatic rings. The molecule has 2 aromatic carbocycles. The smallest absolute Gasteiger partial charge is 0.344 e. The lowest BCUT2D eigenvalue weighted by Gasteiger charge is -2.19. The van der Waals surface area contributed by atoms with Crippen molar-refractivity contribution in [2.24, 2.45) is 0 Å². The summed E-state index contributed by atoms with van der Waals surface area (Å²) in [4.78, 5) is 17.6. The van der Waals surface area contributed by atoms with E-state index in [-0.39, 0.29) is 22.3 Å². The van der Waals surface area contributed by atoms with Gasteiger partial charge in [-0.3, -0.25) is 4.57 Å². The first kappa shape index (κ1) is 20.6. The monoisotopic (exact) mass is 395 g/mol. The summed E-state index contributed by atoms with van der Waals surface area (Å²) in [7, 11) is -5.64. The van der Waals surface area contributed by atoms with E-state index in [0.717, 1.165) is 6.07 Å². The first-order valence-electron chi connectivity index (χ1n) is 5.24. The molecule has 0 saturated heterocycles. The van der Waals surface area contributed by atoms with Crippen LogP contribution in [0.1, 0.15) is 11.1 Å². The molecular formula is C12H13BrF2N3O3P. The maximum Gasteiger partial charge on any atom is 0.399 e. The van der Waals surface area contributed by atoms with E-state index in [1.54, 1.807) is 6.07 Å². The van der Waals surface area contributed by atoms with Gasteiger partial charge in [-0.25, -0.2) is 0 Å². The van der Waals surface area contributed by atoms with Crippen LogP contribution in [-0.4, -0.2) is 9.79 Å². The fourth-order valence-electron chi connectivity index (χ4n) is 1.73. The van der Waals surface area contributed by atoms with E-state index in [9.17, 15) is 13.3 Å². The summed E-state index contributed by atoms with van der Waals surface area (Å²) < 4.78 is 38.4. The lowest BCUT2D eigenvalue weighted by molar-refractivity contribution is 0.0559. The first-order valence-corrected chi connectivity index (χ1v) is 7.64. The second kappa shape index (κ2) is 6.79. The highest BCUT2D eigenvalue weighted by atomic mass is 79.9. The van der Waals surface area contributed by atoms with Gasteiger partial charge < -0.3 is 22.1 Å². The summed E-state index contributed by atoms with van der Waals surface area (Å²) in [6, 6.07) is 8.64. The molecule has 0 aliphatic heterocycles. The zero-order valence-electron chi connectivity index (χ0n) is 11.1. The summed E-state index contributed by atoms with van der Waals surface area (Å²) in [6.45, 7) is 0. The predicted molar refractivity (Wildman–Crippen MR) is 82.3 cm³/mol. The fourth-order valence-corrected chi connectivity index (χ4v) is 2.99. The van der Waals surface area contributed by atoms with Gasteiger partial charge in [-0.2, -0.15) is 14.0 Å². The van der Waals surface area contributed by atoms with Crippen molar-refractivity contribution in [1.29, 1.82) is 5.26 Å². The van der Waals surface area contributed by atoms with Crippen molar-refractivity contribution in [3.05, 3.63) is 45.9 Å². The Kier molecular flexibility index (Phi) is 6.36. The topological polar surface area (TPSA) is 151 Å². The van der Waals surface area contributed by atoms with Crippen LogP contribution in [0.5, 0.6) is 0 Å². The molecule has 10 heteroatoms. The van der Waals surface area contributed by atoms with Gasteiger partial charge in [0.05, 0.1) is 11.6 Å². The quantitative estimate of drug-likeness (QED) is 0.563. The number of benzene rings is 2. The van der Waals surface area contributed by atoms with Crippen LogP contribution in [0.25, 0.3) is 10.8 Å². The predicted octanol–water partition coefficient (Wildman–Crippen LogP) is 4.02. The highest BCUT2D eigenvalue weighted by Gasteiger charge is 2.51. The number of rotatable bonds is 2. The average Bonchev–Trinajstić information content (AvgIpc) is 2.35. The molecule has 2 rings (SSSR count). The summed E-state index contributed by atoms with van der Waals surface area (Å²) in [6.07, 6.45) is 0. The zero-order valence-corrected chi connectivity index (χ0v) is 13.6. The van der Waals surface area contributed by atoms with Crippen molar-refractivity contribution in [3.8, 4) is 6.07 Å². The van der Waals surface area contributed by atoms with Crippen LogP contribution >= 0.6 is 23.5 Å².